The number of anilines is 4. The summed E-state index contributed by atoms with van der Waals surface area (Å²) in [6.45, 7) is 3.49. The first-order valence-corrected chi connectivity index (χ1v) is 6.97. The molecule has 0 atom stereocenters. The van der Waals surface area contributed by atoms with Crippen LogP contribution in [0.3, 0.4) is 0 Å². The third-order valence-corrected chi connectivity index (χ3v) is 3.44. The first-order chi connectivity index (χ1) is 10.3. The molecule has 0 amide bonds. The molecule has 0 unspecified atom stereocenters. The number of nitrogens with one attached hydrogen (secondary N) is 2. The fourth-order valence-corrected chi connectivity index (χ4v) is 2.33. The zero-order valence-electron chi connectivity index (χ0n) is 11.7. The van der Waals surface area contributed by atoms with Gasteiger partial charge in [-0.15, -0.1) is 0 Å². The van der Waals surface area contributed by atoms with Crippen molar-refractivity contribution in [2.45, 2.75) is 0 Å². The standard InChI is InChI=1S/C15H19N5O/c16-19-15-11-13(5-6-17-15)18-12-1-3-14(4-2-12)20-7-9-21-10-8-20/h1-6,11H,7-10,16H2,(H2,17,18,19). The van der Waals surface area contributed by atoms with Crippen LogP contribution in [0.25, 0.3) is 0 Å². The molecule has 1 aromatic heterocycles. The van der Waals surface area contributed by atoms with Gasteiger partial charge in [-0.05, 0) is 30.3 Å². The van der Waals surface area contributed by atoms with E-state index < -0.39 is 0 Å². The van der Waals surface area contributed by atoms with Crippen molar-refractivity contribution in [1.82, 2.24) is 4.98 Å². The Morgan fingerprint density at radius 2 is 1.81 bits per heavy atom. The van der Waals surface area contributed by atoms with E-state index in [1.54, 1.807) is 6.20 Å². The van der Waals surface area contributed by atoms with Crippen LogP contribution in [0.2, 0.25) is 0 Å². The van der Waals surface area contributed by atoms with E-state index in [1.165, 1.54) is 5.69 Å². The summed E-state index contributed by atoms with van der Waals surface area (Å²) in [5.74, 6) is 5.99. The van der Waals surface area contributed by atoms with E-state index in [-0.39, 0.29) is 0 Å². The summed E-state index contributed by atoms with van der Waals surface area (Å²) in [4.78, 5) is 6.41. The molecule has 1 aliphatic rings. The highest BCUT2D eigenvalue weighted by Gasteiger charge is 2.10. The molecule has 110 valence electrons. The number of hydrogen-bond acceptors (Lipinski definition) is 6. The molecule has 2 aromatic rings. The van der Waals surface area contributed by atoms with E-state index in [0.717, 1.165) is 37.7 Å². The van der Waals surface area contributed by atoms with Gasteiger partial charge in [0.15, 0.2) is 0 Å². The molecule has 6 heteroatoms. The molecule has 21 heavy (non-hydrogen) atoms. The highest BCUT2D eigenvalue weighted by atomic mass is 16.5. The molecule has 0 aliphatic carbocycles. The second kappa shape index (κ2) is 6.43. The van der Waals surface area contributed by atoms with Crippen molar-refractivity contribution in [3.63, 3.8) is 0 Å². The second-order valence-electron chi connectivity index (χ2n) is 4.85. The van der Waals surface area contributed by atoms with E-state index >= 15 is 0 Å². The van der Waals surface area contributed by atoms with Crippen LogP contribution in [0.15, 0.2) is 42.6 Å². The van der Waals surface area contributed by atoms with Gasteiger partial charge in [-0.3, -0.25) is 0 Å². The largest absolute Gasteiger partial charge is 0.378 e. The fourth-order valence-electron chi connectivity index (χ4n) is 2.33. The maximum absolute atomic E-state index is 5.37. The Bertz CT molecular complexity index is 581. The van der Waals surface area contributed by atoms with Crippen LogP contribution in [0.4, 0.5) is 22.9 Å². The maximum Gasteiger partial charge on any atom is 0.141 e. The lowest BCUT2D eigenvalue weighted by atomic mass is 10.2. The number of hydrazine groups is 1. The molecule has 1 saturated heterocycles. The summed E-state index contributed by atoms with van der Waals surface area (Å²) in [7, 11) is 0. The van der Waals surface area contributed by atoms with E-state index in [0.29, 0.717) is 5.82 Å². The van der Waals surface area contributed by atoms with Crippen LogP contribution < -0.4 is 21.5 Å². The summed E-state index contributed by atoms with van der Waals surface area (Å²) in [5, 5.41) is 3.33. The molecule has 0 radical (unpaired) electrons. The van der Waals surface area contributed by atoms with E-state index in [1.807, 2.05) is 12.1 Å². The van der Waals surface area contributed by atoms with Gasteiger partial charge < -0.3 is 20.4 Å². The number of hydrogen-bond donors (Lipinski definition) is 3. The number of nitrogens with two attached hydrogens (primary N) is 1. The topological polar surface area (TPSA) is 75.4 Å². The number of morpholine rings is 1. The first kappa shape index (κ1) is 13.7. The summed E-state index contributed by atoms with van der Waals surface area (Å²) in [6.07, 6.45) is 1.71. The predicted octanol–water partition coefficient (Wildman–Crippen LogP) is 1.95. The van der Waals surface area contributed by atoms with Gasteiger partial charge in [0.2, 0.25) is 0 Å². The Balaban J connectivity index is 1.68. The molecular formula is C15H19N5O. The molecule has 0 saturated carbocycles. The molecule has 1 aliphatic heterocycles. The number of ether oxygens (including phenoxy) is 1. The SMILES string of the molecule is NNc1cc(Nc2ccc(N3CCOCC3)cc2)ccn1. The Labute approximate surface area is 123 Å². The molecule has 1 fully saturated rings. The highest BCUT2D eigenvalue weighted by molar-refractivity contribution is 5.64. The summed E-state index contributed by atoms with van der Waals surface area (Å²) in [6, 6.07) is 12.1. The van der Waals surface area contributed by atoms with Crippen molar-refractivity contribution in [2.24, 2.45) is 5.84 Å². The quantitative estimate of drug-likeness (QED) is 0.589. The molecule has 0 spiro atoms. The van der Waals surface area contributed by atoms with Crippen molar-refractivity contribution in [2.75, 3.05) is 41.9 Å². The van der Waals surface area contributed by atoms with Gasteiger partial charge in [-0.25, -0.2) is 10.8 Å². The van der Waals surface area contributed by atoms with Gasteiger partial charge >= 0.3 is 0 Å². The zero-order chi connectivity index (χ0) is 14.5. The normalized spacial score (nSPS) is 14.8. The molecular weight excluding hydrogens is 266 g/mol. The lowest BCUT2D eigenvalue weighted by Gasteiger charge is -2.28. The number of pyridine rings is 1. The number of benzene rings is 1. The van der Waals surface area contributed by atoms with E-state index in [2.05, 4.69) is 44.9 Å². The first-order valence-electron chi connectivity index (χ1n) is 6.97. The predicted molar refractivity (Wildman–Crippen MR) is 84.8 cm³/mol. The van der Waals surface area contributed by atoms with Crippen LogP contribution in [-0.2, 0) is 4.74 Å². The van der Waals surface area contributed by atoms with Crippen molar-refractivity contribution in [3.8, 4) is 0 Å². The summed E-state index contributed by atoms with van der Waals surface area (Å²) >= 11 is 0. The third-order valence-electron chi connectivity index (χ3n) is 3.44. The Morgan fingerprint density at radius 3 is 2.52 bits per heavy atom. The van der Waals surface area contributed by atoms with Gasteiger partial charge in [-0.1, -0.05) is 0 Å². The summed E-state index contributed by atoms with van der Waals surface area (Å²) < 4.78 is 5.37. The number of nitrogens with zero attached hydrogens (tertiary/aromatic N) is 2. The average molecular weight is 285 g/mol. The fraction of sp³-hybridized carbons (Fsp3) is 0.267. The van der Waals surface area contributed by atoms with Gasteiger partial charge in [0.1, 0.15) is 5.82 Å². The number of rotatable bonds is 4. The summed E-state index contributed by atoms with van der Waals surface area (Å²) in [5.41, 5.74) is 5.73. The van der Waals surface area contributed by atoms with Crippen LogP contribution in [-0.4, -0.2) is 31.3 Å². The van der Waals surface area contributed by atoms with Crippen LogP contribution >= 0.6 is 0 Å². The van der Waals surface area contributed by atoms with Crippen molar-refractivity contribution in [1.29, 1.82) is 0 Å². The van der Waals surface area contributed by atoms with E-state index in [9.17, 15) is 0 Å². The van der Waals surface area contributed by atoms with Crippen molar-refractivity contribution in [3.05, 3.63) is 42.6 Å². The van der Waals surface area contributed by atoms with Gasteiger partial charge in [0.25, 0.3) is 0 Å². The highest BCUT2D eigenvalue weighted by Crippen LogP contribution is 2.22. The Hall–Kier alpha value is -2.31. The van der Waals surface area contributed by atoms with Crippen LogP contribution in [0.1, 0.15) is 0 Å². The zero-order valence-corrected chi connectivity index (χ0v) is 11.7. The number of aromatic nitrogens is 1. The lowest BCUT2D eigenvalue weighted by Crippen LogP contribution is -2.36. The van der Waals surface area contributed by atoms with Crippen LogP contribution in [0, 0.1) is 0 Å². The minimum Gasteiger partial charge on any atom is -0.378 e. The molecule has 4 N–H and O–H groups in total. The maximum atomic E-state index is 5.37. The van der Waals surface area contributed by atoms with E-state index in [4.69, 9.17) is 10.6 Å². The number of nitrogen functional groups attached to an aromatic ring is 1. The van der Waals surface area contributed by atoms with Gasteiger partial charge in [-0.2, -0.15) is 0 Å². The molecule has 1 aromatic carbocycles. The third kappa shape index (κ3) is 3.42. The minimum absolute atomic E-state index is 0.630. The minimum atomic E-state index is 0.630. The van der Waals surface area contributed by atoms with Crippen molar-refractivity contribution >= 4 is 22.9 Å². The monoisotopic (exact) mass is 285 g/mol. The second-order valence-corrected chi connectivity index (χ2v) is 4.85. The molecule has 6 nitrogen and oxygen atoms in total. The van der Waals surface area contributed by atoms with Crippen molar-refractivity contribution < 1.29 is 4.74 Å². The lowest BCUT2D eigenvalue weighted by molar-refractivity contribution is 0.122. The van der Waals surface area contributed by atoms with Gasteiger partial charge in [0, 0.05) is 42.4 Å². The average Bonchev–Trinajstić information content (AvgIpc) is 2.56. The van der Waals surface area contributed by atoms with Gasteiger partial charge in [0.05, 0.1) is 13.2 Å². The smallest absolute Gasteiger partial charge is 0.141 e. The molecule has 3 rings (SSSR count). The molecule has 2 heterocycles. The molecule has 0 bridgehead atoms. The Morgan fingerprint density at radius 1 is 1.05 bits per heavy atom. The Kier molecular flexibility index (Phi) is 4.18. The van der Waals surface area contributed by atoms with Crippen LogP contribution in [0.5, 0.6) is 0 Å².